The van der Waals surface area contributed by atoms with Gasteiger partial charge in [0.05, 0.1) is 6.21 Å². The molecule has 0 aliphatic carbocycles. The second kappa shape index (κ2) is 8.94. The Bertz CT molecular complexity index is 699. The molecule has 2 aromatic rings. The molecule has 7 heteroatoms. The summed E-state index contributed by atoms with van der Waals surface area (Å²) in [5.41, 5.74) is 3.08. The Hall–Kier alpha value is -3.35. The fraction of sp³-hybridized carbons (Fsp3) is 0.118. The first-order valence-electron chi connectivity index (χ1n) is 7.08. The van der Waals surface area contributed by atoms with Gasteiger partial charge in [-0.15, -0.1) is 0 Å². The Morgan fingerprint density at radius 3 is 2.25 bits per heavy atom. The van der Waals surface area contributed by atoms with Crippen molar-refractivity contribution in [2.75, 3.05) is 13.2 Å². The number of hydrogen-bond acceptors (Lipinski definition) is 5. The minimum absolute atomic E-state index is 0.136. The van der Waals surface area contributed by atoms with Crippen LogP contribution in [-0.2, 0) is 9.59 Å². The normalized spacial score (nSPS) is 10.3. The topological polar surface area (TPSA) is 97.2 Å². The minimum Gasteiger partial charge on any atom is -0.484 e. The molecule has 0 heterocycles. The van der Waals surface area contributed by atoms with Crippen LogP contribution in [0.25, 0.3) is 0 Å². The molecule has 0 radical (unpaired) electrons. The number of aliphatic carboxylic acids is 1. The number of para-hydroxylation sites is 1. The molecule has 124 valence electrons. The highest BCUT2D eigenvalue weighted by molar-refractivity contribution is 5.83. The Morgan fingerprint density at radius 2 is 1.58 bits per heavy atom. The number of ether oxygens (including phenoxy) is 2. The zero-order valence-electron chi connectivity index (χ0n) is 12.7. The lowest BCUT2D eigenvalue weighted by atomic mass is 10.2. The number of carboxylic acids is 1. The predicted octanol–water partition coefficient (Wildman–Crippen LogP) is 1.68. The average Bonchev–Trinajstić information content (AvgIpc) is 2.60. The molecule has 1 amide bonds. The Balaban J connectivity index is 1.74. The molecule has 0 unspecified atom stereocenters. The number of benzene rings is 2. The number of amides is 1. The molecule has 7 nitrogen and oxygen atoms in total. The van der Waals surface area contributed by atoms with Crippen LogP contribution in [0.3, 0.4) is 0 Å². The van der Waals surface area contributed by atoms with Crippen molar-refractivity contribution in [3.05, 3.63) is 60.2 Å². The monoisotopic (exact) mass is 328 g/mol. The van der Waals surface area contributed by atoms with Crippen molar-refractivity contribution in [3.63, 3.8) is 0 Å². The van der Waals surface area contributed by atoms with E-state index in [2.05, 4.69) is 10.5 Å². The summed E-state index contributed by atoms with van der Waals surface area (Å²) in [6.45, 7) is -0.534. The molecule has 2 N–H and O–H groups in total. The summed E-state index contributed by atoms with van der Waals surface area (Å²) in [7, 11) is 0. The van der Waals surface area contributed by atoms with E-state index in [-0.39, 0.29) is 12.5 Å². The van der Waals surface area contributed by atoms with Crippen LogP contribution in [0.15, 0.2) is 59.7 Å². The molecule has 0 aliphatic heterocycles. The van der Waals surface area contributed by atoms with Gasteiger partial charge in [-0.3, -0.25) is 4.79 Å². The summed E-state index contributed by atoms with van der Waals surface area (Å²) in [4.78, 5) is 22.0. The van der Waals surface area contributed by atoms with E-state index in [9.17, 15) is 9.59 Å². The third-order valence-corrected chi connectivity index (χ3v) is 2.76. The predicted molar refractivity (Wildman–Crippen MR) is 87.2 cm³/mol. The molecular formula is C17H16N2O5. The van der Waals surface area contributed by atoms with Gasteiger partial charge in [0.15, 0.2) is 13.2 Å². The van der Waals surface area contributed by atoms with E-state index in [0.29, 0.717) is 11.5 Å². The maximum atomic E-state index is 11.6. The maximum absolute atomic E-state index is 11.6. The lowest BCUT2D eigenvalue weighted by Crippen LogP contribution is -2.24. The molecule has 0 saturated heterocycles. The fourth-order valence-electron chi connectivity index (χ4n) is 1.67. The minimum atomic E-state index is -1.04. The smallest absolute Gasteiger partial charge is 0.341 e. The molecule has 0 aliphatic rings. The number of carboxylic acid groups (broad SMARTS) is 1. The second-order valence-corrected chi connectivity index (χ2v) is 4.65. The number of hydrazone groups is 1. The van der Waals surface area contributed by atoms with Crippen molar-refractivity contribution in [1.82, 2.24) is 5.43 Å². The van der Waals surface area contributed by atoms with Gasteiger partial charge in [-0.05, 0) is 42.0 Å². The first-order chi connectivity index (χ1) is 11.6. The van der Waals surface area contributed by atoms with E-state index in [1.807, 2.05) is 18.2 Å². The molecular weight excluding hydrogens is 312 g/mol. The van der Waals surface area contributed by atoms with Crippen molar-refractivity contribution in [2.24, 2.45) is 5.10 Å². The largest absolute Gasteiger partial charge is 0.484 e. The molecule has 0 aromatic heterocycles. The van der Waals surface area contributed by atoms with Gasteiger partial charge in [-0.25, -0.2) is 10.2 Å². The highest BCUT2D eigenvalue weighted by Crippen LogP contribution is 2.11. The number of hydrogen-bond donors (Lipinski definition) is 2. The van der Waals surface area contributed by atoms with Crippen molar-refractivity contribution in [2.45, 2.75) is 0 Å². The molecule has 0 saturated carbocycles. The van der Waals surface area contributed by atoms with Gasteiger partial charge in [0, 0.05) is 0 Å². The Labute approximate surface area is 138 Å². The van der Waals surface area contributed by atoms with Crippen molar-refractivity contribution in [1.29, 1.82) is 0 Å². The number of nitrogens with one attached hydrogen (secondary N) is 1. The maximum Gasteiger partial charge on any atom is 0.341 e. The average molecular weight is 328 g/mol. The molecule has 24 heavy (non-hydrogen) atoms. The SMILES string of the molecule is O=C(O)COc1ccc(/C=N\NC(=O)COc2ccccc2)cc1. The van der Waals surface area contributed by atoms with E-state index >= 15 is 0 Å². The first-order valence-corrected chi connectivity index (χ1v) is 7.08. The van der Waals surface area contributed by atoms with Gasteiger partial charge < -0.3 is 14.6 Å². The molecule has 0 fully saturated rings. The van der Waals surface area contributed by atoms with E-state index in [0.717, 1.165) is 5.56 Å². The van der Waals surface area contributed by atoms with Crippen LogP contribution in [0.4, 0.5) is 0 Å². The van der Waals surface area contributed by atoms with Crippen LogP contribution >= 0.6 is 0 Å². The van der Waals surface area contributed by atoms with Crippen LogP contribution in [0.1, 0.15) is 5.56 Å². The van der Waals surface area contributed by atoms with Gasteiger partial charge in [-0.1, -0.05) is 18.2 Å². The Kier molecular flexibility index (Phi) is 6.34. The standard InChI is InChI=1S/C17H16N2O5/c20-16(11-23-14-4-2-1-3-5-14)19-18-10-13-6-8-15(9-7-13)24-12-17(21)22/h1-10H,11-12H2,(H,19,20)(H,21,22)/b18-10-. The van der Waals surface area contributed by atoms with E-state index < -0.39 is 12.6 Å². The second-order valence-electron chi connectivity index (χ2n) is 4.65. The highest BCUT2D eigenvalue weighted by atomic mass is 16.5. The van der Waals surface area contributed by atoms with Gasteiger partial charge in [0.25, 0.3) is 5.91 Å². The third kappa shape index (κ3) is 6.18. The van der Waals surface area contributed by atoms with Gasteiger partial charge in [0.1, 0.15) is 11.5 Å². The molecule has 2 aromatic carbocycles. The number of rotatable bonds is 8. The molecule has 2 rings (SSSR count). The van der Waals surface area contributed by atoms with Gasteiger partial charge in [-0.2, -0.15) is 5.10 Å². The lowest BCUT2D eigenvalue weighted by Gasteiger charge is -2.04. The number of nitrogens with zero attached hydrogens (tertiary/aromatic N) is 1. The van der Waals surface area contributed by atoms with Crippen LogP contribution in [0.2, 0.25) is 0 Å². The summed E-state index contributed by atoms with van der Waals surface area (Å²) >= 11 is 0. The van der Waals surface area contributed by atoms with E-state index in [1.165, 1.54) is 6.21 Å². The summed E-state index contributed by atoms with van der Waals surface area (Å²) in [5, 5.41) is 12.3. The van der Waals surface area contributed by atoms with Crippen LogP contribution < -0.4 is 14.9 Å². The summed E-state index contributed by atoms with van der Waals surface area (Å²) < 4.78 is 10.3. The zero-order chi connectivity index (χ0) is 17.2. The Morgan fingerprint density at radius 1 is 0.958 bits per heavy atom. The van der Waals surface area contributed by atoms with E-state index in [1.54, 1.807) is 36.4 Å². The third-order valence-electron chi connectivity index (χ3n) is 2.76. The number of carbonyl (C=O) groups excluding carboxylic acids is 1. The van der Waals surface area contributed by atoms with Gasteiger partial charge >= 0.3 is 5.97 Å². The zero-order valence-corrected chi connectivity index (χ0v) is 12.7. The van der Waals surface area contributed by atoms with Gasteiger partial charge in [0.2, 0.25) is 0 Å². The molecule has 0 atom stereocenters. The molecule has 0 spiro atoms. The van der Waals surface area contributed by atoms with Crippen LogP contribution in [-0.4, -0.2) is 36.4 Å². The van der Waals surface area contributed by atoms with Crippen molar-refractivity contribution in [3.8, 4) is 11.5 Å². The summed E-state index contributed by atoms with van der Waals surface area (Å²) in [6.07, 6.45) is 1.46. The number of carbonyl (C=O) groups is 2. The first kappa shape index (κ1) is 17.0. The molecule has 0 bridgehead atoms. The summed E-state index contributed by atoms with van der Waals surface area (Å²) in [6, 6.07) is 15.6. The quantitative estimate of drug-likeness (QED) is 0.567. The van der Waals surface area contributed by atoms with Crippen LogP contribution in [0, 0.1) is 0 Å². The fourth-order valence-corrected chi connectivity index (χ4v) is 1.67. The van der Waals surface area contributed by atoms with Crippen molar-refractivity contribution < 1.29 is 24.2 Å². The van der Waals surface area contributed by atoms with E-state index in [4.69, 9.17) is 14.6 Å². The van der Waals surface area contributed by atoms with Crippen LogP contribution in [0.5, 0.6) is 11.5 Å². The lowest BCUT2D eigenvalue weighted by molar-refractivity contribution is -0.139. The van der Waals surface area contributed by atoms with Crippen molar-refractivity contribution >= 4 is 18.1 Å². The summed E-state index contributed by atoms with van der Waals surface area (Å²) in [5.74, 6) is -0.374. The highest BCUT2D eigenvalue weighted by Gasteiger charge is 2.01.